The van der Waals surface area contributed by atoms with Gasteiger partial charge in [-0.2, -0.15) is 0 Å². The molecule has 3 rings (SSSR count). The predicted octanol–water partition coefficient (Wildman–Crippen LogP) is 5.17. The standard InChI is InChI=1S/C20H25BrF2N2O3S/c1-11-7-14-16(9-22)29-17(24-18(26)28-19(2,3)4)25-20(14,10-27-11)13-8-12(21)5-6-15(13)23/h5-6,8,11,14,16H,7,9-10H2,1-4H3,(H,24,25,26). The number of amidine groups is 1. The highest BCUT2D eigenvalue weighted by Crippen LogP contribution is 2.50. The predicted molar refractivity (Wildman–Crippen MR) is 113 cm³/mol. The van der Waals surface area contributed by atoms with Gasteiger partial charge in [0.1, 0.15) is 23.6 Å². The van der Waals surface area contributed by atoms with Gasteiger partial charge in [0.25, 0.3) is 0 Å². The minimum absolute atomic E-state index is 0.0893. The largest absolute Gasteiger partial charge is 0.444 e. The maximum atomic E-state index is 14.9. The number of nitrogens with zero attached hydrogens (tertiary/aromatic N) is 1. The first-order chi connectivity index (χ1) is 13.5. The first-order valence-electron chi connectivity index (χ1n) is 9.43. The molecular weight excluding hydrogens is 466 g/mol. The third-order valence-corrected chi connectivity index (χ3v) is 6.62. The van der Waals surface area contributed by atoms with E-state index in [1.807, 2.05) is 6.92 Å². The van der Waals surface area contributed by atoms with Crippen molar-refractivity contribution in [2.75, 3.05) is 13.3 Å². The van der Waals surface area contributed by atoms with E-state index in [-0.39, 0.29) is 23.8 Å². The number of hydrogen-bond donors (Lipinski definition) is 1. The summed E-state index contributed by atoms with van der Waals surface area (Å²) in [5.41, 5.74) is -1.50. The highest BCUT2D eigenvalue weighted by molar-refractivity contribution is 9.10. The normalized spacial score (nSPS) is 29.6. The fourth-order valence-corrected chi connectivity index (χ4v) is 5.33. The third kappa shape index (κ3) is 4.94. The summed E-state index contributed by atoms with van der Waals surface area (Å²) in [7, 11) is 0. The number of carbonyl (C=O) groups is 1. The average molecular weight is 491 g/mol. The molecular formula is C20H25BrF2N2O3S. The van der Waals surface area contributed by atoms with Crippen LogP contribution in [0.15, 0.2) is 27.7 Å². The number of benzene rings is 1. The summed E-state index contributed by atoms with van der Waals surface area (Å²) >= 11 is 4.53. The molecule has 9 heteroatoms. The van der Waals surface area contributed by atoms with Gasteiger partial charge in [-0.15, -0.1) is 0 Å². The van der Waals surface area contributed by atoms with Crippen LogP contribution in [0, 0.1) is 11.7 Å². The van der Waals surface area contributed by atoms with Crippen molar-refractivity contribution in [2.45, 2.75) is 56.6 Å². The lowest BCUT2D eigenvalue weighted by atomic mass is 9.72. The number of fused-ring (bicyclic) bond motifs is 1. The second-order valence-electron chi connectivity index (χ2n) is 8.37. The summed E-state index contributed by atoms with van der Waals surface area (Å²) in [4.78, 5) is 17.0. The number of nitrogens with one attached hydrogen (secondary N) is 1. The van der Waals surface area contributed by atoms with Crippen LogP contribution in [0.4, 0.5) is 13.6 Å². The molecule has 1 amide bonds. The van der Waals surface area contributed by atoms with Gasteiger partial charge in [0.05, 0.1) is 12.7 Å². The van der Waals surface area contributed by atoms with Crippen LogP contribution in [-0.4, -0.2) is 41.5 Å². The highest BCUT2D eigenvalue weighted by atomic mass is 79.9. The topological polar surface area (TPSA) is 59.9 Å². The monoisotopic (exact) mass is 490 g/mol. The second kappa shape index (κ2) is 8.51. The molecule has 5 nitrogen and oxygen atoms in total. The summed E-state index contributed by atoms with van der Waals surface area (Å²) in [6.45, 7) is 6.63. The summed E-state index contributed by atoms with van der Waals surface area (Å²) in [5.74, 6) is -0.726. The summed E-state index contributed by atoms with van der Waals surface area (Å²) in [6, 6.07) is 4.61. The van der Waals surface area contributed by atoms with E-state index in [1.54, 1.807) is 32.9 Å². The maximum Gasteiger partial charge on any atom is 0.413 e. The molecule has 0 bridgehead atoms. The van der Waals surface area contributed by atoms with E-state index in [1.165, 1.54) is 6.07 Å². The Labute approximate surface area is 182 Å². The van der Waals surface area contributed by atoms with E-state index in [0.717, 1.165) is 11.8 Å². The molecule has 0 spiro atoms. The van der Waals surface area contributed by atoms with Crippen molar-refractivity contribution in [2.24, 2.45) is 10.9 Å². The molecule has 1 fully saturated rings. The molecule has 4 unspecified atom stereocenters. The molecule has 1 N–H and O–H groups in total. The molecule has 2 aliphatic heterocycles. The van der Waals surface area contributed by atoms with Crippen LogP contribution < -0.4 is 5.32 Å². The Morgan fingerprint density at radius 1 is 1.48 bits per heavy atom. The Kier molecular flexibility index (Phi) is 6.60. The van der Waals surface area contributed by atoms with E-state index in [4.69, 9.17) is 14.5 Å². The molecule has 0 radical (unpaired) electrons. The van der Waals surface area contributed by atoms with Gasteiger partial charge >= 0.3 is 6.09 Å². The number of carbonyl (C=O) groups excluding carboxylic acids is 1. The molecule has 1 aromatic rings. The van der Waals surface area contributed by atoms with Gasteiger partial charge in [0.2, 0.25) is 0 Å². The van der Waals surface area contributed by atoms with Crippen LogP contribution in [0.2, 0.25) is 0 Å². The second-order valence-corrected chi connectivity index (χ2v) is 10.5. The Morgan fingerprint density at radius 3 is 2.86 bits per heavy atom. The number of halogens is 3. The van der Waals surface area contributed by atoms with Crippen molar-refractivity contribution < 1.29 is 23.0 Å². The molecule has 2 heterocycles. The van der Waals surface area contributed by atoms with E-state index in [2.05, 4.69) is 21.2 Å². The van der Waals surface area contributed by atoms with Crippen molar-refractivity contribution in [1.82, 2.24) is 5.32 Å². The minimum atomic E-state index is -1.13. The van der Waals surface area contributed by atoms with Crippen molar-refractivity contribution in [3.8, 4) is 0 Å². The molecule has 1 saturated heterocycles. The molecule has 0 aromatic heterocycles. The van der Waals surface area contributed by atoms with Gasteiger partial charge in [0.15, 0.2) is 5.17 Å². The van der Waals surface area contributed by atoms with Crippen molar-refractivity contribution in [1.29, 1.82) is 0 Å². The molecule has 160 valence electrons. The molecule has 0 aliphatic carbocycles. The Balaban J connectivity index is 2.06. The first kappa shape index (κ1) is 22.5. The van der Waals surface area contributed by atoms with Crippen LogP contribution in [-0.2, 0) is 15.0 Å². The Hall–Kier alpha value is -1.19. The lowest BCUT2D eigenvalue weighted by Crippen LogP contribution is -2.54. The number of aliphatic imine (C=N–C) groups is 1. The average Bonchev–Trinajstić information content (AvgIpc) is 2.61. The van der Waals surface area contributed by atoms with Crippen LogP contribution in [0.25, 0.3) is 0 Å². The minimum Gasteiger partial charge on any atom is -0.444 e. The van der Waals surface area contributed by atoms with Gasteiger partial charge in [-0.05, 0) is 52.3 Å². The van der Waals surface area contributed by atoms with Crippen LogP contribution in [0.3, 0.4) is 0 Å². The van der Waals surface area contributed by atoms with E-state index < -0.39 is 35.0 Å². The lowest BCUT2D eigenvalue weighted by Gasteiger charge is -2.48. The van der Waals surface area contributed by atoms with Crippen LogP contribution in [0.5, 0.6) is 0 Å². The fraction of sp³-hybridized carbons (Fsp3) is 0.600. The third-order valence-electron chi connectivity index (χ3n) is 4.95. The van der Waals surface area contributed by atoms with E-state index in [0.29, 0.717) is 16.5 Å². The van der Waals surface area contributed by atoms with Crippen molar-refractivity contribution >= 4 is 39.0 Å². The fourth-order valence-electron chi connectivity index (χ4n) is 3.76. The molecule has 4 atom stereocenters. The van der Waals surface area contributed by atoms with Crippen LogP contribution in [0.1, 0.15) is 39.7 Å². The van der Waals surface area contributed by atoms with Gasteiger partial charge in [-0.3, -0.25) is 5.32 Å². The van der Waals surface area contributed by atoms with Gasteiger partial charge in [-0.25, -0.2) is 18.6 Å². The Bertz CT molecular complexity index is 817. The van der Waals surface area contributed by atoms with Crippen LogP contribution >= 0.6 is 27.7 Å². The van der Waals surface area contributed by atoms with Gasteiger partial charge < -0.3 is 9.47 Å². The van der Waals surface area contributed by atoms with Gasteiger partial charge in [-0.1, -0.05) is 27.7 Å². The van der Waals surface area contributed by atoms with Crippen molar-refractivity contribution in [3.63, 3.8) is 0 Å². The zero-order chi connectivity index (χ0) is 21.4. The quantitative estimate of drug-likeness (QED) is 0.620. The number of rotatable bonds is 2. The summed E-state index contributed by atoms with van der Waals surface area (Å²) < 4.78 is 40.8. The van der Waals surface area contributed by atoms with Gasteiger partial charge in [0, 0.05) is 21.2 Å². The zero-order valence-corrected chi connectivity index (χ0v) is 19.2. The molecule has 2 aliphatic rings. The molecule has 1 aromatic carbocycles. The number of amides is 1. The maximum absolute atomic E-state index is 14.9. The number of hydrogen-bond acceptors (Lipinski definition) is 5. The van der Waals surface area contributed by atoms with E-state index >= 15 is 0 Å². The number of ether oxygens (including phenoxy) is 2. The Morgan fingerprint density at radius 2 is 2.21 bits per heavy atom. The number of thioether (sulfide) groups is 1. The highest BCUT2D eigenvalue weighted by Gasteiger charge is 2.53. The summed E-state index contributed by atoms with van der Waals surface area (Å²) in [5, 5.41) is 2.31. The SMILES string of the molecule is CC1CC2C(CF)SC(NC(=O)OC(C)(C)C)=NC2(c2cc(Br)ccc2F)CO1. The molecule has 0 saturated carbocycles. The van der Waals surface area contributed by atoms with Crippen molar-refractivity contribution in [3.05, 3.63) is 34.1 Å². The number of alkyl carbamates (subject to hydrolysis) is 1. The smallest absolute Gasteiger partial charge is 0.413 e. The lowest BCUT2D eigenvalue weighted by molar-refractivity contribution is -0.0558. The first-order valence-corrected chi connectivity index (χ1v) is 11.1. The number of alkyl halides is 1. The zero-order valence-electron chi connectivity index (χ0n) is 16.8. The molecule has 29 heavy (non-hydrogen) atoms. The summed E-state index contributed by atoms with van der Waals surface area (Å²) in [6.07, 6.45) is -0.236. The van der Waals surface area contributed by atoms with E-state index in [9.17, 15) is 13.6 Å².